The second-order valence-corrected chi connectivity index (χ2v) is 5.26. The summed E-state index contributed by atoms with van der Waals surface area (Å²) in [6.45, 7) is 2.00. The van der Waals surface area contributed by atoms with Crippen molar-refractivity contribution >= 4 is 0 Å². The van der Waals surface area contributed by atoms with Gasteiger partial charge in [0.1, 0.15) is 29.5 Å². The van der Waals surface area contributed by atoms with Crippen molar-refractivity contribution in [3.8, 4) is 11.5 Å². The topological polar surface area (TPSA) is 38.7 Å². The van der Waals surface area contributed by atoms with Crippen molar-refractivity contribution in [2.24, 2.45) is 0 Å². The van der Waals surface area contributed by atoms with Gasteiger partial charge in [-0.1, -0.05) is 12.1 Å². The fraction of sp³-hybridized carbons (Fsp3) is 0.294. The molecule has 1 aliphatic heterocycles. The number of aliphatic hydroxyl groups excluding tert-OH is 1. The molecule has 0 amide bonds. The number of halogens is 1. The van der Waals surface area contributed by atoms with Gasteiger partial charge in [0.25, 0.3) is 0 Å². The quantitative estimate of drug-likeness (QED) is 0.942. The van der Waals surface area contributed by atoms with Crippen molar-refractivity contribution < 1.29 is 19.0 Å². The van der Waals surface area contributed by atoms with Crippen molar-refractivity contribution in [2.75, 3.05) is 7.11 Å². The maximum Gasteiger partial charge on any atom is 0.133 e. The number of fused-ring (bicyclic) bond motifs is 1. The Kier molecular flexibility index (Phi) is 3.55. The molecule has 0 bridgehead atoms. The minimum Gasteiger partial charge on any atom is -0.496 e. The normalized spacial score (nSPS) is 18.0. The maximum atomic E-state index is 14.0. The molecule has 0 aromatic heterocycles. The molecule has 1 aliphatic rings. The minimum atomic E-state index is -1.07. The molecule has 0 saturated carbocycles. The Bertz CT molecular complexity index is 669. The zero-order chi connectivity index (χ0) is 15.0. The van der Waals surface area contributed by atoms with Crippen molar-refractivity contribution in [1.29, 1.82) is 0 Å². The van der Waals surface area contributed by atoms with Gasteiger partial charge in [-0.15, -0.1) is 0 Å². The van der Waals surface area contributed by atoms with Gasteiger partial charge in [-0.3, -0.25) is 0 Å². The molecule has 1 N–H and O–H groups in total. The summed E-state index contributed by atoms with van der Waals surface area (Å²) in [6, 6.07) is 9.97. The van der Waals surface area contributed by atoms with E-state index in [2.05, 4.69) is 0 Å². The van der Waals surface area contributed by atoms with E-state index < -0.39 is 11.9 Å². The number of hydrogen-bond donors (Lipinski definition) is 1. The molecule has 1 heterocycles. The molecule has 0 aliphatic carbocycles. The van der Waals surface area contributed by atoms with Crippen LogP contribution in [0.15, 0.2) is 36.4 Å². The average molecular weight is 288 g/mol. The number of benzene rings is 2. The van der Waals surface area contributed by atoms with Crippen LogP contribution in [-0.4, -0.2) is 18.3 Å². The lowest BCUT2D eigenvalue weighted by Gasteiger charge is -2.16. The number of hydrogen-bond acceptors (Lipinski definition) is 3. The van der Waals surface area contributed by atoms with Crippen molar-refractivity contribution in [3.63, 3.8) is 0 Å². The number of methoxy groups -OCH3 is 1. The molecule has 2 aromatic rings. The molecule has 110 valence electrons. The Morgan fingerprint density at radius 2 is 2.14 bits per heavy atom. The van der Waals surface area contributed by atoms with Crippen molar-refractivity contribution in [2.45, 2.75) is 25.6 Å². The molecule has 2 atom stereocenters. The van der Waals surface area contributed by atoms with E-state index in [9.17, 15) is 9.50 Å². The average Bonchev–Trinajstić information content (AvgIpc) is 2.85. The molecular formula is C17H17FO3. The van der Waals surface area contributed by atoms with Crippen LogP contribution in [0.5, 0.6) is 11.5 Å². The Morgan fingerprint density at radius 3 is 2.90 bits per heavy atom. The van der Waals surface area contributed by atoms with Gasteiger partial charge in [-0.05, 0) is 42.3 Å². The summed E-state index contributed by atoms with van der Waals surface area (Å²) in [4.78, 5) is 0. The molecule has 0 saturated heterocycles. The molecular weight excluding hydrogens is 271 g/mol. The zero-order valence-corrected chi connectivity index (χ0v) is 12.0. The first-order valence-electron chi connectivity index (χ1n) is 6.90. The van der Waals surface area contributed by atoms with Crippen molar-refractivity contribution in [3.05, 3.63) is 58.9 Å². The Labute approximate surface area is 122 Å². The highest BCUT2D eigenvalue weighted by Gasteiger charge is 2.24. The summed E-state index contributed by atoms with van der Waals surface area (Å²) in [5, 5.41) is 10.5. The second kappa shape index (κ2) is 5.37. The molecule has 0 fully saturated rings. The summed E-state index contributed by atoms with van der Waals surface area (Å²) in [5.41, 5.74) is 1.83. The largest absolute Gasteiger partial charge is 0.496 e. The van der Waals surface area contributed by atoms with Crippen LogP contribution in [0.25, 0.3) is 0 Å². The van der Waals surface area contributed by atoms with E-state index in [4.69, 9.17) is 9.47 Å². The molecule has 2 unspecified atom stereocenters. The first kappa shape index (κ1) is 13.9. The van der Waals surface area contributed by atoms with Crippen LogP contribution in [-0.2, 0) is 6.42 Å². The monoisotopic (exact) mass is 288 g/mol. The third-order valence-corrected chi connectivity index (χ3v) is 3.74. The Morgan fingerprint density at radius 1 is 1.33 bits per heavy atom. The third kappa shape index (κ3) is 2.47. The zero-order valence-electron chi connectivity index (χ0n) is 12.0. The summed E-state index contributed by atoms with van der Waals surface area (Å²) in [7, 11) is 1.46. The summed E-state index contributed by atoms with van der Waals surface area (Å²) in [5.74, 6) is 0.693. The highest BCUT2D eigenvalue weighted by atomic mass is 19.1. The lowest BCUT2D eigenvalue weighted by molar-refractivity contribution is 0.209. The Balaban J connectivity index is 2.00. The number of aliphatic hydroxyl groups is 1. The van der Waals surface area contributed by atoms with E-state index in [-0.39, 0.29) is 11.7 Å². The highest BCUT2D eigenvalue weighted by Crippen LogP contribution is 2.36. The summed E-state index contributed by atoms with van der Waals surface area (Å²) >= 11 is 0. The predicted molar refractivity (Wildman–Crippen MR) is 77.2 cm³/mol. The fourth-order valence-corrected chi connectivity index (χ4v) is 2.74. The van der Waals surface area contributed by atoms with Gasteiger partial charge in [0.2, 0.25) is 0 Å². The van der Waals surface area contributed by atoms with E-state index in [1.54, 1.807) is 18.2 Å². The number of ether oxygens (including phenoxy) is 2. The first-order chi connectivity index (χ1) is 10.1. The maximum absolute atomic E-state index is 14.0. The molecule has 4 heteroatoms. The minimum absolute atomic E-state index is 0.135. The van der Waals surface area contributed by atoms with Gasteiger partial charge >= 0.3 is 0 Å². The van der Waals surface area contributed by atoms with Gasteiger partial charge in [0.05, 0.1) is 12.7 Å². The smallest absolute Gasteiger partial charge is 0.133 e. The van der Waals surface area contributed by atoms with Crippen LogP contribution in [0.4, 0.5) is 4.39 Å². The van der Waals surface area contributed by atoms with Gasteiger partial charge in [-0.25, -0.2) is 4.39 Å². The third-order valence-electron chi connectivity index (χ3n) is 3.74. The van der Waals surface area contributed by atoms with E-state index >= 15 is 0 Å². The Hall–Kier alpha value is -2.07. The van der Waals surface area contributed by atoms with Crippen LogP contribution in [0.2, 0.25) is 0 Å². The highest BCUT2D eigenvalue weighted by molar-refractivity contribution is 5.46. The predicted octanol–water partition coefficient (Wildman–Crippen LogP) is 3.24. The van der Waals surface area contributed by atoms with Crippen LogP contribution in [0, 0.1) is 5.82 Å². The van der Waals surface area contributed by atoms with Crippen LogP contribution in [0.1, 0.15) is 29.7 Å². The lowest BCUT2D eigenvalue weighted by atomic mass is 9.97. The van der Waals surface area contributed by atoms with Gasteiger partial charge in [0.15, 0.2) is 0 Å². The van der Waals surface area contributed by atoms with E-state index in [1.807, 2.05) is 19.1 Å². The fourth-order valence-electron chi connectivity index (χ4n) is 2.74. The van der Waals surface area contributed by atoms with Gasteiger partial charge in [0, 0.05) is 6.42 Å². The number of rotatable bonds is 3. The van der Waals surface area contributed by atoms with Gasteiger partial charge in [-0.2, -0.15) is 0 Å². The molecule has 0 radical (unpaired) electrons. The molecule has 21 heavy (non-hydrogen) atoms. The van der Waals surface area contributed by atoms with Crippen LogP contribution >= 0.6 is 0 Å². The van der Waals surface area contributed by atoms with Crippen LogP contribution < -0.4 is 9.47 Å². The molecule has 3 rings (SSSR count). The van der Waals surface area contributed by atoms with Crippen LogP contribution in [0.3, 0.4) is 0 Å². The van der Waals surface area contributed by atoms with E-state index in [0.717, 1.165) is 17.7 Å². The molecule has 3 nitrogen and oxygen atoms in total. The summed E-state index contributed by atoms with van der Waals surface area (Å²) in [6.07, 6.45) is -0.137. The lowest BCUT2D eigenvalue weighted by Crippen LogP contribution is -2.06. The first-order valence-corrected chi connectivity index (χ1v) is 6.90. The molecule has 2 aromatic carbocycles. The van der Waals surface area contributed by atoms with Crippen molar-refractivity contribution in [1.82, 2.24) is 0 Å². The van der Waals surface area contributed by atoms with Gasteiger partial charge < -0.3 is 14.6 Å². The second-order valence-electron chi connectivity index (χ2n) is 5.26. The summed E-state index contributed by atoms with van der Waals surface area (Å²) < 4.78 is 24.8. The van der Waals surface area contributed by atoms with E-state index in [0.29, 0.717) is 11.3 Å². The van der Waals surface area contributed by atoms with E-state index in [1.165, 1.54) is 13.2 Å². The SMILES string of the molecule is COc1cccc(F)c1C(O)c1ccc2c(c1)CC(C)O2. The standard InChI is InChI=1S/C17H17FO3/c1-10-8-12-9-11(6-7-14(12)21-10)17(19)16-13(18)4-3-5-15(16)20-2/h3-7,9-10,17,19H,8H2,1-2H3. The molecule has 0 spiro atoms.